The van der Waals surface area contributed by atoms with Gasteiger partial charge in [0.1, 0.15) is 0 Å². The van der Waals surface area contributed by atoms with Crippen molar-refractivity contribution in [1.29, 1.82) is 0 Å². The van der Waals surface area contributed by atoms with Crippen LogP contribution in [0.15, 0.2) is 71.6 Å². The third-order valence-electron chi connectivity index (χ3n) is 5.73. The lowest BCUT2D eigenvalue weighted by molar-refractivity contribution is -0.118. The van der Waals surface area contributed by atoms with Gasteiger partial charge in [0.05, 0.1) is 10.3 Å². The van der Waals surface area contributed by atoms with Gasteiger partial charge in [-0.05, 0) is 65.9 Å². The van der Waals surface area contributed by atoms with Crippen molar-refractivity contribution in [3.8, 4) is 22.6 Å². The van der Waals surface area contributed by atoms with Crippen LogP contribution in [0.5, 0.6) is 11.5 Å². The Morgan fingerprint density at radius 2 is 1.65 bits per heavy atom. The summed E-state index contributed by atoms with van der Waals surface area (Å²) in [5.41, 5.74) is 2.43. The molecule has 1 fully saturated rings. The van der Waals surface area contributed by atoms with Gasteiger partial charge in [-0.15, -0.1) is 0 Å². The SMILES string of the molecule is NS(=O)(=O)c1cccc(-c2cccc(NC(=O)C3(c4ccc5c(c4)OCO5)CC3)c2)c1.[HH]. The number of ether oxygens (including phenoxy) is 2. The molecule has 0 radical (unpaired) electrons. The van der Waals surface area contributed by atoms with E-state index in [9.17, 15) is 13.2 Å². The molecule has 1 amide bonds. The van der Waals surface area contributed by atoms with Crippen molar-refractivity contribution in [1.82, 2.24) is 0 Å². The predicted molar refractivity (Wildman–Crippen MR) is 117 cm³/mol. The van der Waals surface area contributed by atoms with Gasteiger partial charge < -0.3 is 14.8 Å². The van der Waals surface area contributed by atoms with Gasteiger partial charge in [-0.25, -0.2) is 13.6 Å². The second-order valence-electron chi connectivity index (χ2n) is 7.76. The van der Waals surface area contributed by atoms with Gasteiger partial charge in [0.15, 0.2) is 11.5 Å². The highest BCUT2D eigenvalue weighted by atomic mass is 32.2. The fourth-order valence-corrected chi connectivity index (χ4v) is 4.41. The van der Waals surface area contributed by atoms with Crippen molar-refractivity contribution in [2.75, 3.05) is 12.1 Å². The number of hydrogen-bond acceptors (Lipinski definition) is 5. The van der Waals surface area contributed by atoms with E-state index in [1.54, 1.807) is 18.2 Å². The molecule has 0 aromatic heterocycles. The second kappa shape index (κ2) is 7.11. The summed E-state index contributed by atoms with van der Waals surface area (Å²) >= 11 is 0. The van der Waals surface area contributed by atoms with E-state index < -0.39 is 15.4 Å². The molecule has 31 heavy (non-hydrogen) atoms. The minimum atomic E-state index is -3.80. The number of nitrogens with two attached hydrogens (primary N) is 1. The highest BCUT2D eigenvalue weighted by Crippen LogP contribution is 2.51. The summed E-state index contributed by atoms with van der Waals surface area (Å²) in [7, 11) is -3.80. The number of carbonyl (C=O) groups is 1. The van der Waals surface area contributed by atoms with Crippen LogP contribution in [-0.4, -0.2) is 21.1 Å². The number of benzene rings is 3. The molecule has 1 aliphatic carbocycles. The van der Waals surface area contributed by atoms with Crippen LogP contribution in [-0.2, 0) is 20.2 Å². The maximum absolute atomic E-state index is 13.2. The molecule has 8 heteroatoms. The summed E-state index contributed by atoms with van der Waals surface area (Å²) in [6, 6.07) is 19.3. The van der Waals surface area contributed by atoms with E-state index in [0.717, 1.165) is 24.0 Å². The zero-order chi connectivity index (χ0) is 21.6. The lowest BCUT2D eigenvalue weighted by Crippen LogP contribution is -2.27. The van der Waals surface area contributed by atoms with E-state index in [0.29, 0.717) is 22.7 Å². The summed E-state index contributed by atoms with van der Waals surface area (Å²) in [6.07, 6.45) is 1.52. The first kappa shape index (κ1) is 19.6. The summed E-state index contributed by atoms with van der Waals surface area (Å²) in [5, 5.41) is 8.25. The quantitative estimate of drug-likeness (QED) is 0.632. The number of nitrogens with one attached hydrogen (secondary N) is 1. The Morgan fingerprint density at radius 3 is 2.39 bits per heavy atom. The van der Waals surface area contributed by atoms with Crippen LogP contribution < -0.4 is 19.9 Å². The Balaban J connectivity index is 0.00000245. The molecule has 5 rings (SSSR count). The van der Waals surface area contributed by atoms with Crippen LogP contribution in [0.25, 0.3) is 11.1 Å². The largest absolute Gasteiger partial charge is 0.454 e. The number of hydrogen-bond donors (Lipinski definition) is 2. The Hall–Kier alpha value is -3.36. The van der Waals surface area contributed by atoms with Crippen LogP contribution in [0.2, 0.25) is 0 Å². The van der Waals surface area contributed by atoms with Gasteiger partial charge >= 0.3 is 0 Å². The molecule has 3 aromatic rings. The van der Waals surface area contributed by atoms with E-state index in [4.69, 9.17) is 14.6 Å². The molecule has 160 valence electrons. The highest BCUT2D eigenvalue weighted by Gasteiger charge is 2.51. The number of primary sulfonamides is 1. The fourth-order valence-electron chi connectivity index (χ4n) is 3.85. The Labute approximate surface area is 181 Å². The molecular formula is C23H22N2O5S. The summed E-state index contributed by atoms with van der Waals surface area (Å²) in [4.78, 5) is 13.2. The molecule has 2 aliphatic rings. The predicted octanol–water partition coefficient (Wildman–Crippen LogP) is 3.65. The van der Waals surface area contributed by atoms with Gasteiger partial charge in [-0.2, -0.15) is 0 Å². The maximum Gasteiger partial charge on any atom is 0.238 e. The minimum absolute atomic E-state index is 0. The fraction of sp³-hybridized carbons (Fsp3) is 0.174. The monoisotopic (exact) mass is 438 g/mol. The van der Waals surface area contributed by atoms with Gasteiger partial charge in [0.2, 0.25) is 22.7 Å². The zero-order valence-corrected chi connectivity index (χ0v) is 17.3. The van der Waals surface area contributed by atoms with Crippen molar-refractivity contribution < 1.29 is 24.1 Å². The first-order valence-electron chi connectivity index (χ1n) is 9.80. The molecule has 0 saturated heterocycles. The molecule has 0 atom stereocenters. The standard InChI is InChI=1S/C23H20N2O5S.H2/c24-31(27,28)19-6-2-4-16(12-19)15-3-1-5-18(11-15)25-22(26)23(9-10-23)17-7-8-20-21(13-17)30-14-29-20;/h1-8,11-13H,9-10,14H2,(H,25,26)(H2,24,27,28);1H. The Morgan fingerprint density at radius 1 is 0.935 bits per heavy atom. The first-order chi connectivity index (χ1) is 14.8. The number of fused-ring (bicyclic) bond motifs is 1. The summed E-state index contributed by atoms with van der Waals surface area (Å²) in [5.74, 6) is 1.27. The van der Waals surface area contributed by atoms with Crippen molar-refractivity contribution in [3.05, 3.63) is 72.3 Å². The molecule has 0 unspecified atom stereocenters. The average molecular weight is 439 g/mol. The normalized spacial score (nSPS) is 16.0. The molecule has 1 aliphatic heterocycles. The van der Waals surface area contributed by atoms with E-state index in [1.165, 1.54) is 12.1 Å². The molecule has 0 spiro atoms. The van der Waals surface area contributed by atoms with Gasteiger partial charge in [0.25, 0.3) is 0 Å². The van der Waals surface area contributed by atoms with Crippen LogP contribution in [0, 0.1) is 0 Å². The molecule has 1 heterocycles. The lowest BCUT2D eigenvalue weighted by atomic mass is 9.94. The number of rotatable bonds is 5. The second-order valence-corrected chi connectivity index (χ2v) is 9.32. The van der Waals surface area contributed by atoms with Gasteiger partial charge in [-0.1, -0.05) is 30.3 Å². The van der Waals surface area contributed by atoms with Crippen molar-refractivity contribution in [2.45, 2.75) is 23.2 Å². The maximum atomic E-state index is 13.2. The van der Waals surface area contributed by atoms with Gasteiger partial charge in [0, 0.05) is 7.11 Å². The molecule has 7 nitrogen and oxygen atoms in total. The third kappa shape index (κ3) is 3.64. The topological polar surface area (TPSA) is 108 Å². The van der Waals surface area contributed by atoms with Crippen LogP contribution in [0.4, 0.5) is 5.69 Å². The van der Waals surface area contributed by atoms with Crippen LogP contribution in [0.3, 0.4) is 0 Å². The summed E-state index contributed by atoms with van der Waals surface area (Å²) < 4.78 is 34.1. The lowest BCUT2D eigenvalue weighted by Gasteiger charge is -2.17. The van der Waals surface area contributed by atoms with E-state index in [2.05, 4.69) is 5.32 Å². The molecular weight excluding hydrogens is 416 g/mol. The number of carbonyl (C=O) groups excluding carboxylic acids is 1. The summed E-state index contributed by atoms with van der Waals surface area (Å²) in [6.45, 7) is 0.192. The first-order valence-corrected chi connectivity index (χ1v) is 11.3. The van der Waals surface area contributed by atoms with E-state index in [1.807, 2.05) is 36.4 Å². The zero-order valence-electron chi connectivity index (χ0n) is 16.5. The van der Waals surface area contributed by atoms with Crippen molar-refractivity contribution >= 4 is 21.6 Å². The third-order valence-corrected chi connectivity index (χ3v) is 6.64. The molecule has 0 bridgehead atoms. The number of anilines is 1. The molecule has 3 aromatic carbocycles. The molecule has 1 saturated carbocycles. The van der Waals surface area contributed by atoms with Crippen molar-refractivity contribution in [2.24, 2.45) is 5.14 Å². The highest BCUT2D eigenvalue weighted by molar-refractivity contribution is 7.89. The average Bonchev–Trinajstić information content (AvgIpc) is 3.44. The van der Waals surface area contributed by atoms with Crippen LogP contribution >= 0.6 is 0 Å². The van der Waals surface area contributed by atoms with Crippen LogP contribution in [0.1, 0.15) is 19.8 Å². The van der Waals surface area contributed by atoms with E-state index in [-0.39, 0.29) is 19.0 Å². The van der Waals surface area contributed by atoms with Gasteiger partial charge in [-0.3, -0.25) is 4.79 Å². The molecule has 3 N–H and O–H groups in total. The Kier molecular flexibility index (Phi) is 4.49. The minimum Gasteiger partial charge on any atom is -0.454 e. The smallest absolute Gasteiger partial charge is 0.238 e. The number of amides is 1. The Bertz CT molecular complexity index is 1310. The number of sulfonamides is 1. The van der Waals surface area contributed by atoms with Crippen molar-refractivity contribution in [3.63, 3.8) is 0 Å². The van der Waals surface area contributed by atoms with E-state index >= 15 is 0 Å².